The summed E-state index contributed by atoms with van der Waals surface area (Å²) in [5, 5.41) is 0. The maximum Gasteiger partial charge on any atom is 0.243 e. The molecule has 1 saturated heterocycles. The van der Waals surface area contributed by atoms with E-state index in [0.29, 0.717) is 32.5 Å². The quantitative estimate of drug-likeness (QED) is 0.848. The van der Waals surface area contributed by atoms with Crippen molar-refractivity contribution in [3.05, 3.63) is 23.3 Å². The molecule has 2 N–H and O–H groups in total. The number of piperidine rings is 1. The fourth-order valence-electron chi connectivity index (χ4n) is 4.34. The van der Waals surface area contributed by atoms with Gasteiger partial charge < -0.3 is 10.6 Å². The first-order valence-corrected chi connectivity index (χ1v) is 10.5. The fraction of sp³-hybridized carbons (Fsp3) is 0.556. The Kier molecular flexibility index (Phi) is 4.07. The first-order chi connectivity index (χ1) is 12.3. The van der Waals surface area contributed by atoms with Gasteiger partial charge in [0.1, 0.15) is 0 Å². The van der Waals surface area contributed by atoms with Crippen LogP contribution in [0.1, 0.15) is 43.2 Å². The number of benzene rings is 1. The predicted molar refractivity (Wildman–Crippen MR) is 96.2 cm³/mol. The van der Waals surface area contributed by atoms with E-state index in [9.17, 15) is 18.0 Å². The Morgan fingerprint density at radius 3 is 2.54 bits per heavy atom. The second-order valence-corrected chi connectivity index (χ2v) is 9.35. The zero-order chi connectivity index (χ0) is 18.6. The van der Waals surface area contributed by atoms with Gasteiger partial charge in [0.2, 0.25) is 21.8 Å². The van der Waals surface area contributed by atoms with E-state index in [0.717, 1.165) is 29.7 Å². The SMILES string of the molecule is C[C@@H]1C(=O)N2CCCc3cc(S(=O)(=O)N4CCC(C(N)=O)CC4)cc1c32. The second kappa shape index (κ2) is 6.06. The molecule has 0 aliphatic carbocycles. The Hall–Kier alpha value is -1.93. The van der Waals surface area contributed by atoms with Crippen molar-refractivity contribution >= 4 is 27.5 Å². The van der Waals surface area contributed by atoms with Gasteiger partial charge in [0.25, 0.3) is 0 Å². The molecule has 0 radical (unpaired) electrons. The zero-order valence-corrected chi connectivity index (χ0v) is 15.6. The first-order valence-electron chi connectivity index (χ1n) is 9.08. The van der Waals surface area contributed by atoms with Crippen LogP contribution in [-0.4, -0.2) is 44.2 Å². The average Bonchev–Trinajstić information content (AvgIpc) is 2.88. The lowest BCUT2D eigenvalue weighted by Gasteiger charge is -2.30. The van der Waals surface area contributed by atoms with E-state index in [-0.39, 0.29) is 28.5 Å². The van der Waals surface area contributed by atoms with E-state index in [1.807, 2.05) is 6.92 Å². The smallest absolute Gasteiger partial charge is 0.243 e. The van der Waals surface area contributed by atoms with E-state index in [2.05, 4.69) is 0 Å². The van der Waals surface area contributed by atoms with Gasteiger partial charge >= 0.3 is 0 Å². The number of hydrogen-bond donors (Lipinski definition) is 1. The molecule has 1 fully saturated rings. The lowest BCUT2D eigenvalue weighted by molar-refractivity contribution is -0.123. The van der Waals surface area contributed by atoms with Crippen LogP contribution in [0.3, 0.4) is 0 Å². The van der Waals surface area contributed by atoms with Gasteiger partial charge in [-0.25, -0.2) is 8.42 Å². The molecule has 0 saturated carbocycles. The van der Waals surface area contributed by atoms with Gasteiger partial charge in [0, 0.05) is 25.6 Å². The highest BCUT2D eigenvalue weighted by Gasteiger charge is 2.40. The van der Waals surface area contributed by atoms with Gasteiger partial charge in [-0.05, 0) is 55.9 Å². The molecule has 0 aromatic heterocycles. The number of amides is 2. The van der Waals surface area contributed by atoms with Crippen molar-refractivity contribution in [2.24, 2.45) is 11.7 Å². The lowest BCUT2D eigenvalue weighted by Crippen LogP contribution is -2.41. The minimum atomic E-state index is -3.65. The predicted octanol–water partition coefficient (Wildman–Crippen LogP) is 0.969. The summed E-state index contributed by atoms with van der Waals surface area (Å²) in [7, 11) is -3.65. The minimum Gasteiger partial charge on any atom is -0.369 e. The van der Waals surface area contributed by atoms with Crippen LogP contribution in [0.4, 0.5) is 5.69 Å². The van der Waals surface area contributed by atoms with E-state index < -0.39 is 10.0 Å². The Labute approximate surface area is 153 Å². The standard InChI is InChI=1S/C18H23N3O4S/c1-11-15-10-14(9-13-3-2-6-21(16(13)15)18(11)23)26(24,25)20-7-4-12(5-8-20)17(19)22/h9-12H,2-8H2,1H3,(H2,19,22)/t11-/m0/s1. The van der Waals surface area contributed by atoms with Crippen LogP contribution in [-0.2, 0) is 26.0 Å². The molecule has 1 aromatic rings. The number of nitrogens with zero attached hydrogens (tertiary/aromatic N) is 2. The Morgan fingerprint density at radius 1 is 1.19 bits per heavy atom. The van der Waals surface area contributed by atoms with Gasteiger partial charge in [-0.15, -0.1) is 0 Å². The molecule has 7 nitrogen and oxygen atoms in total. The van der Waals surface area contributed by atoms with Crippen molar-refractivity contribution in [3.8, 4) is 0 Å². The number of primary amides is 1. The lowest BCUT2D eigenvalue weighted by atomic mass is 9.97. The van der Waals surface area contributed by atoms with Gasteiger partial charge in [-0.1, -0.05) is 0 Å². The maximum atomic E-state index is 13.1. The zero-order valence-electron chi connectivity index (χ0n) is 14.8. The number of aryl methyl sites for hydroxylation is 1. The molecular formula is C18H23N3O4S. The highest BCUT2D eigenvalue weighted by molar-refractivity contribution is 7.89. The number of rotatable bonds is 3. The molecular weight excluding hydrogens is 354 g/mol. The summed E-state index contributed by atoms with van der Waals surface area (Å²) in [6.45, 7) is 3.13. The van der Waals surface area contributed by atoms with Crippen LogP contribution in [0.5, 0.6) is 0 Å². The Bertz CT molecular complexity index is 888. The average molecular weight is 377 g/mol. The number of carbonyl (C=O) groups excluding carboxylic acids is 2. The fourth-order valence-corrected chi connectivity index (χ4v) is 5.90. The molecule has 0 bridgehead atoms. The van der Waals surface area contributed by atoms with Gasteiger partial charge in [-0.2, -0.15) is 4.31 Å². The summed E-state index contributed by atoms with van der Waals surface area (Å²) in [4.78, 5) is 25.8. The summed E-state index contributed by atoms with van der Waals surface area (Å²) in [6.07, 6.45) is 2.54. The van der Waals surface area contributed by atoms with Crippen molar-refractivity contribution in [1.82, 2.24) is 4.31 Å². The molecule has 3 aliphatic heterocycles. The van der Waals surface area contributed by atoms with Gasteiger partial charge in [0.05, 0.1) is 16.5 Å². The van der Waals surface area contributed by atoms with Crippen LogP contribution < -0.4 is 10.6 Å². The number of nitrogens with two attached hydrogens (primary N) is 1. The van der Waals surface area contributed by atoms with Crippen LogP contribution in [0.2, 0.25) is 0 Å². The number of anilines is 1. The summed E-state index contributed by atoms with van der Waals surface area (Å²) >= 11 is 0. The third-order valence-electron chi connectivity index (χ3n) is 5.89. The molecule has 0 spiro atoms. The summed E-state index contributed by atoms with van der Waals surface area (Å²) in [6, 6.07) is 3.40. The summed E-state index contributed by atoms with van der Waals surface area (Å²) in [5.41, 5.74) is 8.01. The number of sulfonamides is 1. The molecule has 1 aromatic carbocycles. The molecule has 26 heavy (non-hydrogen) atoms. The molecule has 1 atom stereocenters. The molecule has 140 valence electrons. The van der Waals surface area contributed by atoms with Gasteiger partial charge in [-0.3, -0.25) is 9.59 Å². The van der Waals surface area contributed by atoms with Crippen molar-refractivity contribution in [2.45, 2.75) is 43.4 Å². The highest BCUT2D eigenvalue weighted by Crippen LogP contribution is 2.44. The minimum absolute atomic E-state index is 0.0535. The maximum absolute atomic E-state index is 13.1. The Balaban J connectivity index is 1.69. The largest absolute Gasteiger partial charge is 0.369 e. The topological polar surface area (TPSA) is 101 Å². The normalized spacial score (nSPS) is 24.0. The van der Waals surface area contributed by atoms with Crippen molar-refractivity contribution in [3.63, 3.8) is 0 Å². The monoisotopic (exact) mass is 377 g/mol. The van der Waals surface area contributed by atoms with Crippen molar-refractivity contribution in [1.29, 1.82) is 0 Å². The molecule has 0 unspecified atom stereocenters. The van der Waals surface area contributed by atoms with Gasteiger partial charge in [0.15, 0.2) is 0 Å². The molecule has 4 rings (SSSR count). The number of carbonyl (C=O) groups is 2. The van der Waals surface area contributed by atoms with Crippen molar-refractivity contribution in [2.75, 3.05) is 24.5 Å². The first kappa shape index (κ1) is 17.5. The summed E-state index contributed by atoms with van der Waals surface area (Å²) in [5.74, 6) is -0.874. The molecule has 3 heterocycles. The van der Waals surface area contributed by atoms with E-state index in [4.69, 9.17) is 5.73 Å². The van der Waals surface area contributed by atoms with E-state index in [1.54, 1.807) is 17.0 Å². The molecule has 3 aliphatic rings. The third-order valence-corrected chi connectivity index (χ3v) is 7.76. The third kappa shape index (κ3) is 2.54. The van der Waals surface area contributed by atoms with E-state index in [1.165, 1.54) is 4.31 Å². The number of hydrogen-bond acceptors (Lipinski definition) is 4. The van der Waals surface area contributed by atoms with Crippen LogP contribution >= 0.6 is 0 Å². The Morgan fingerprint density at radius 2 is 1.88 bits per heavy atom. The highest BCUT2D eigenvalue weighted by atomic mass is 32.2. The van der Waals surface area contributed by atoms with Crippen LogP contribution in [0.25, 0.3) is 0 Å². The van der Waals surface area contributed by atoms with E-state index >= 15 is 0 Å². The molecule has 8 heteroatoms. The second-order valence-electron chi connectivity index (χ2n) is 7.42. The molecule has 2 amide bonds. The summed E-state index contributed by atoms with van der Waals surface area (Å²) < 4.78 is 27.7. The van der Waals surface area contributed by atoms with Crippen LogP contribution in [0, 0.1) is 5.92 Å². The van der Waals surface area contributed by atoms with Crippen LogP contribution in [0.15, 0.2) is 17.0 Å². The van der Waals surface area contributed by atoms with Crippen molar-refractivity contribution < 1.29 is 18.0 Å².